The van der Waals surface area contributed by atoms with E-state index in [0.29, 0.717) is 22.2 Å². The highest BCUT2D eigenvalue weighted by molar-refractivity contribution is 7.16. The van der Waals surface area contributed by atoms with Crippen LogP contribution in [0.25, 0.3) is 11.3 Å². The molecule has 1 N–H and O–H groups in total. The lowest BCUT2D eigenvalue weighted by molar-refractivity contribution is -0.304. The molecular weight excluding hydrogens is 308 g/mol. The Kier molecular flexibility index (Phi) is 4.68. The minimum atomic E-state index is -1.10. The first-order valence-electron chi connectivity index (χ1n) is 7.25. The van der Waals surface area contributed by atoms with E-state index in [4.69, 9.17) is 0 Å². The largest absolute Gasteiger partial charge is 0.550 e. The third-order valence-corrected chi connectivity index (χ3v) is 4.35. The van der Waals surface area contributed by atoms with E-state index in [9.17, 15) is 9.90 Å². The number of carbonyl (C=O) groups is 1. The standard InChI is InChI=1S/C18H16N2O2S/c21-16(22)11-15-17(14-9-5-2-6-10-14)20-18(23-15)19-12-13-7-3-1-4-8-13/h1-10H,11-12H2,(H,19,20)(H,21,22)/p-1. The Labute approximate surface area is 138 Å². The zero-order chi connectivity index (χ0) is 16.1. The maximum absolute atomic E-state index is 11.0. The molecule has 3 aromatic rings. The summed E-state index contributed by atoms with van der Waals surface area (Å²) in [5.74, 6) is -1.10. The summed E-state index contributed by atoms with van der Waals surface area (Å²) in [4.78, 5) is 16.3. The van der Waals surface area contributed by atoms with Crippen molar-refractivity contribution in [2.75, 3.05) is 5.32 Å². The number of aliphatic carboxylic acids is 1. The van der Waals surface area contributed by atoms with Gasteiger partial charge < -0.3 is 15.2 Å². The molecule has 23 heavy (non-hydrogen) atoms. The SMILES string of the molecule is O=C([O-])Cc1sc(NCc2ccccc2)nc1-c1ccccc1. The van der Waals surface area contributed by atoms with E-state index in [1.807, 2.05) is 60.7 Å². The van der Waals surface area contributed by atoms with Gasteiger partial charge in [0.1, 0.15) is 0 Å². The molecule has 0 aliphatic rings. The van der Waals surface area contributed by atoms with Crippen LogP contribution in [0.5, 0.6) is 0 Å². The molecule has 0 bridgehead atoms. The van der Waals surface area contributed by atoms with E-state index in [1.165, 1.54) is 11.3 Å². The smallest absolute Gasteiger partial charge is 0.183 e. The number of rotatable bonds is 6. The highest BCUT2D eigenvalue weighted by Crippen LogP contribution is 2.31. The van der Waals surface area contributed by atoms with Crippen molar-refractivity contribution in [2.45, 2.75) is 13.0 Å². The second-order valence-electron chi connectivity index (χ2n) is 5.04. The molecule has 0 aliphatic heterocycles. The lowest BCUT2D eigenvalue weighted by Gasteiger charge is -2.02. The van der Waals surface area contributed by atoms with Crippen LogP contribution in [0.3, 0.4) is 0 Å². The summed E-state index contributed by atoms with van der Waals surface area (Å²) in [6.07, 6.45) is -0.130. The Bertz CT molecular complexity index is 785. The fourth-order valence-electron chi connectivity index (χ4n) is 2.27. The minimum absolute atomic E-state index is 0.130. The highest BCUT2D eigenvalue weighted by Gasteiger charge is 2.13. The van der Waals surface area contributed by atoms with Crippen LogP contribution in [-0.4, -0.2) is 11.0 Å². The summed E-state index contributed by atoms with van der Waals surface area (Å²) in [6, 6.07) is 19.6. The van der Waals surface area contributed by atoms with Crippen molar-refractivity contribution < 1.29 is 9.90 Å². The second-order valence-corrected chi connectivity index (χ2v) is 6.13. The lowest BCUT2D eigenvalue weighted by atomic mass is 10.1. The third kappa shape index (κ3) is 3.96. The summed E-state index contributed by atoms with van der Waals surface area (Å²) in [7, 11) is 0. The van der Waals surface area contributed by atoms with Gasteiger partial charge in [-0.25, -0.2) is 4.98 Å². The molecule has 0 saturated heterocycles. The number of anilines is 1. The zero-order valence-corrected chi connectivity index (χ0v) is 13.2. The van der Waals surface area contributed by atoms with Crippen molar-refractivity contribution >= 4 is 22.4 Å². The molecular formula is C18H15N2O2S-. The number of carboxylic acid groups (broad SMARTS) is 1. The first-order valence-corrected chi connectivity index (χ1v) is 8.07. The monoisotopic (exact) mass is 323 g/mol. The Balaban J connectivity index is 1.84. The van der Waals surface area contributed by atoms with Gasteiger partial charge in [-0.2, -0.15) is 0 Å². The quantitative estimate of drug-likeness (QED) is 0.757. The van der Waals surface area contributed by atoms with Crippen LogP contribution in [0, 0.1) is 0 Å². The number of carboxylic acids is 1. The fraction of sp³-hybridized carbons (Fsp3) is 0.111. The minimum Gasteiger partial charge on any atom is -0.550 e. The molecule has 0 radical (unpaired) electrons. The van der Waals surface area contributed by atoms with Crippen LogP contribution in [0.4, 0.5) is 5.13 Å². The number of benzene rings is 2. The van der Waals surface area contributed by atoms with E-state index in [2.05, 4.69) is 10.3 Å². The van der Waals surface area contributed by atoms with Crippen molar-refractivity contribution in [3.05, 3.63) is 71.1 Å². The van der Waals surface area contributed by atoms with E-state index >= 15 is 0 Å². The number of nitrogens with zero attached hydrogens (tertiary/aromatic N) is 1. The first-order chi connectivity index (χ1) is 11.2. The molecule has 2 aromatic carbocycles. The van der Waals surface area contributed by atoms with Gasteiger partial charge in [0.05, 0.1) is 5.69 Å². The van der Waals surface area contributed by atoms with Gasteiger partial charge in [0.15, 0.2) is 5.13 Å². The maximum Gasteiger partial charge on any atom is 0.183 e. The van der Waals surface area contributed by atoms with E-state index in [0.717, 1.165) is 11.1 Å². The van der Waals surface area contributed by atoms with Gasteiger partial charge in [-0.05, 0) is 5.56 Å². The average molecular weight is 323 g/mol. The number of thiazole rings is 1. The van der Waals surface area contributed by atoms with E-state index in [-0.39, 0.29) is 6.42 Å². The first kappa shape index (κ1) is 15.2. The molecule has 0 atom stereocenters. The van der Waals surface area contributed by atoms with Crippen molar-refractivity contribution in [3.8, 4) is 11.3 Å². The molecule has 116 valence electrons. The van der Waals surface area contributed by atoms with E-state index in [1.54, 1.807) is 0 Å². The molecule has 0 saturated carbocycles. The number of aromatic nitrogens is 1. The van der Waals surface area contributed by atoms with Crippen LogP contribution >= 0.6 is 11.3 Å². The molecule has 1 heterocycles. The molecule has 0 unspecified atom stereocenters. The summed E-state index contributed by atoms with van der Waals surface area (Å²) in [5, 5.41) is 15.0. The average Bonchev–Trinajstić information content (AvgIpc) is 2.97. The molecule has 1 aromatic heterocycles. The molecule has 0 aliphatic carbocycles. The Morgan fingerprint density at radius 1 is 1.04 bits per heavy atom. The topological polar surface area (TPSA) is 65.0 Å². The normalized spacial score (nSPS) is 10.4. The number of hydrogen-bond acceptors (Lipinski definition) is 5. The number of carbonyl (C=O) groups excluding carboxylic acids is 1. The number of hydrogen-bond donors (Lipinski definition) is 1. The predicted octanol–water partition coefficient (Wildman–Crippen LogP) is 2.71. The lowest BCUT2D eigenvalue weighted by Crippen LogP contribution is -2.24. The summed E-state index contributed by atoms with van der Waals surface area (Å²) in [5.41, 5.74) is 2.76. The Morgan fingerprint density at radius 2 is 1.70 bits per heavy atom. The molecule has 0 fully saturated rings. The molecule has 4 nitrogen and oxygen atoms in total. The van der Waals surface area contributed by atoms with Gasteiger partial charge in [0.25, 0.3) is 0 Å². The number of nitrogens with one attached hydrogen (secondary N) is 1. The third-order valence-electron chi connectivity index (χ3n) is 3.34. The van der Waals surface area contributed by atoms with Gasteiger partial charge in [0, 0.05) is 29.4 Å². The summed E-state index contributed by atoms with van der Waals surface area (Å²) in [6.45, 7) is 0.646. The summed E-state index contributed by atoms with van der Waals surface area (Å²) >= 11 is 1.36. The predicted molar refractivity (Wildman–Crippen MR) is 90.0 cm³/mol. The molecule has 0 amide bonds. The zero-order valence-electron chi connectivity index (χ0n) is 12.4. The Hall–Kier alpha value is -2.66. The van der Waals surface area contributed by atoms with Crippen LogP contribution in [-0.2, 0) is 17.8 Å². The Morgan fingerprint density at radius 3 is 2.35 bits per heavy atom. The van der Waals surface area contributed by atoms with Gasteiger partial charge in [-0.1, -0.05) is 60.7 Å². The highest BCUT2D eigenvalue weighted by atomic mass is 32.1. The van der Waals surface area contributed by atoms with Crippen LogP contribution < -0.4 is 10.4 Å². The fourth-order valence-corrected chi connectivity index (χ4v) is 3.24. The molecule has 3 rings (SSSR count). The van der Waals surface area contributed by atoms with E-state index < -0.39 is 5.97 Å². The van der Waals surface area contributed by atoms with Gasteiger partial charge >= 0.3 is 0 Å². The van der Waals surface area contributed by atoms with Gasteiger partial charge in [-0.3, -0.25) is 0 Å². The van der Waals surface area contributed by atoms with Crippen molar-refractivity contribution in [1.29, 1.82) is 0 Å². The van der Waals surface area contributed by atoms with Gasteiger partial charge in [-0.15, -0.1) is 11.3 Å². The molecule has 0 spiro atoms. The van der Waals surface area contributed by atoms with Crippen LogP contribution in [0.1, 0.15) is 10.4 Å². The van der Waals surface area contributed by atoms with Crippen LogP contribution in [0.15, 0.2) is 60.7 Å². The molecule has 5 heteroatoms. The maximum atomic E-state index is 11.0. The second kappa shape index (κ2) is 7.07. The van der Waals surface area contributed by atoms with Crippen molar-refractivity contribution in [1.82, 2.24) is 4.98 Å². The van der Waals surface area contributed by atoms with Crippen LogP contribution in [0.2, 0.25) is 0 Å². The summed E-state index contributed by atoms with van der Waals surface area (Å²) < 4.78 is 0. The van der Waals surface area contributed by atoms with Crippen molar-refractivity contribution in [2.24, 2.45) is 0 Å². The van der Waals surface area contributed by atoms with Crippen molar-refractivity contribution in [3.63, 3.8) is 0 Å². The van der Waals surface area contributed by atoms with Gasteiger partial charge in [0.2, 0.25) is 0 Å².